The van der Waals surface area contributed by atoms with Crippen LogP contribution in [0.1, 0.15) is 42.5 Å². The molecule has 1 fully saturated rings. The molecule has 0 amide bonds. The molecule has 0 aliphatic heterocycles. The van der Waals surface area contributed by atoms with E-state index < -0.39 is 10.0 Å². The van der Waals surface area contributed by atoms with Gasteiger partial charge in [0, 0.05) is 23.4 Å². The Kier molecular flexibility index (Phi) is 5.61. The smallest absolute Gasteiger partial charge is 0.214 e. The molecule has 0 saturated heterocycles. The fraction of sp³-hybridized carbons (Fsp3) is 0.571. The third kappa shape index (κ3) is 4.06. The summed E-state index contributed by atoms with van der Waals surface area (Å²) in [5.74, 6) is 5.83. The molecule has 0 radical (unpaired) electrons. The van der Waals surface area contributed by atoms with Crippen molar-refractivity contribution in [3.05, 3.63) is 21.9 Å². The molecule has 1 aliphatic carbocycles. The van der Waals surface area contributed by atoms with Crippen LogP contribution in [0.15, 0.2) is 11.4 Å². The topological polar surface area (TPSA) is 66.4 Å². The average molecular weight is 313 g/mol. The van der Waals surface area contributed by atoms with E-state index in [9.17, 15) is 8.42 Å². The number of aliphatic hydroxyl groups is 1. The molecule has 1 aliphatic rings. The highest BCUT2D eigenvalue weighted by molar-refractivity contribution is 7.90. The van der Waals surface area contributed by atoms with Gasteiger partial charge >= 0.3 is 0 Å². The summed E-state index contributed by atoms with van der Waals surface area (Å²) >= 11 is 1.50. The van der Waals surface area contributed by atoms with Gasteiger partial charge in [0.2, 0.25) is 10.0 Å². The van der Waals surface area contributed by atoms with Crippen molar-refractivity contribution in [3.8, 4) is 11.8 Å². The van der Waals surface area contributed by atoms with Gasteiger partial charge in [0.15, 0.2) is 0 Å². The third-order valence-electron chi connectivity index (χ3n) is 3.38. The number of hydrogen-bond donors (Lipinski definition) is 2. The lowest BCUT2D eigenvalue weighted by Crippen LogP contribution is -2.32. The van der Waals surface area contributed by atoms with Crippen molar-refractivity contribution >= 4 is 21.4 Å². The molecule has 0 unspecified atom stereocenters. The summed E-state index contributed by atoms with van der Waals surface area (Å²) in [6.07, 6.45) is 3.97. The monoisotopic (exact) mass is 313 g/mol. The van der Waals surface area contributed by atoms with Gasteiger partial charge in [0.05, 0.1) is 11.9 Å². The first-order chi connectivity index (χ1) is 9.63. The van der Waals surface area contributed by atoms with Crippen LogP contribution in [-0.4, -0.2) is 25.4 Å². The SMILES string of the molecule is O=S(=O)(NCc1sccc1C#CCCO)C1CCCC1. The predicted octanol–water partition coefficient (Wildman–Crippen LogP) is 1.84. The van der Waals surface area contributed by atoms with Gasteiger partial charge < -0.3 is 5.11 Å². The zero-order chi connectivity index (χ0) is 14.4. The van der Waals surface area contributed by atoms with Crippen LogP contribution < -0.4 is 4.72 Å². The molecule has 110 valence electrons. The van der Waals surface area contributed by atoms with Crippen LogP contribution in [0.3, 0.4) is 0 Å². The van der Waals surface area contributed by atoms with E-state index in [0.29, 0.717) is 13.0 Å². The minimum absolute atomic E-state index is 0.0424. The van der Waals surface area contributed by atoms with E-state index >= 15 is 0 Å². The molecular weight excluding hydrogens is 294 g/mol. The van der Waals surface area contributed by atoms with Crippen molar-refractivity contribution in [1.29, 1.82) is 0 Å². The first-order valence-corrected chi connectivity index (χ1v) is 9.20. The highest BCUT2D eigenvalue weighted by Gasteiger charge is 2.28. The Bertz CT molecular complexity index is 589. The molecule has 0 spiro atoms. The summed E-state index contributed by atoms with van der Waals surface area (Å²) in [5.41, 5.74) is 0.845. The van der Waals surface area contributed by atoms with Crippen LogP contribution in [0.5, 0.6) is 0 Å². The van der Waals surface area contributed by atoms with Crippen molar-refractivity contribution in [2.75, 3.05) is 6.61 Å². The Balaban J connectivity index is 1.97. The summed E-state index contributed by atoms with van der Waals surface area (Å²) in [4.78, 5) is 0.928. The molecule has 1 saturated carbocycles. The van der Waals surface area contributed by atoms with Gasteiger partial charge in [-0.25, -0.2) is 13.1 Å². The van der Waals surface area contributed by atoms with Crippen LogP contribution in [0.25, 0.3) is 0 Å². The second-order valence-electron chi connectivity index (χ2n) is 4.81. The van der Waals surface area contributed by atoms with E-state index in [4.69, 9.17) is 5.11 Å². The maximum absolute atomic E-state index is 12.1. The zero-order valence-corrected chi connectivity index (χ0v) is 12.9. The lowest BCUT2D eigenvalue weighted by atomic mass is 10.2. The minimum Gasteiger partial charge on any atom is -0.395 e. The van der Waals surface area contributed by atoms with Crippen LogP contribution in [0.2, 0.25) is 0 Å². The first-order valence-electron chi connectivity index (χ1n) is 6.78. The Morgan fingerprint density at radius 3 is 2.85 bits per heavy atom. The largest absolute Gasteiger partial charge is 0.395 e. The Labute approximate surface area is 124 Å². The summed E-state index contributed by atoms with van der Waals surface area (Å²) < 4.78 is 26.9. The highest BCUT2D eigenvalue weighted by atomic mass is 32.2. The van der Waals surface area contributed by atoms with Crippen LogP contribution in [0.4, 0.5) is 0 Å². The van der Waals surface area contributed by atoms with Crippen molar-refractivity contribution < 1.29 is 13.5 Å². The standard InChI is InChI=1S/C14H19NO3S2/c16-9-4-3-5-12-8-10-19-14(12)11-15-20(17,18)13-6-1-2-7-13/h8,10,13,15-16H,1-2,4,6-7,9,11H2. The van der Waals surface area contributed by atoms with Gasteiger partial charge in [0.25, 0.3) is 0 Å². The van der Waals surface area contributed by atoms with Crippen LogP contribution >= 0.6 is 11.3 Å². The van der Waals surface area contributed by atoms with E-state index in [1.54, 1.807) is 0 Å². The second-order valence-corrected chi connectivity index (χ2v) is 7.85. The summed E-state index contributed by atoms with van der Waals surface area (Å²) in [7, 11) is -3.21. The third-order valence-corrected chi connectivity index (χ3v) is 6.20. The van der Waals surface area contributed by atoms with Crippen molar-refractivity contribution in [2.24, 2.45) is 0 Å². The molecule has 1 heterocycles. The fourth-order valence-electron chi connectivity index (χ4n) is 2.29. The molecule has 6 heteroatoms. The highest BCUT2D eigenvalue weighted by Crippen LogP contribution is 2.24. The number of rotatable bonds is 5. The predicted molar refractivity (Wildman–Crippen MR) is 80.9 cm³/mol. The quantitative estimate of drug-likeness (QED) is 0.815. The fourth-order valence-corrected chi connectivity index (χ4v) is 4.68. The van der Waals surface area contributed by atoms with Gasteiger partial charge in [-0.15, -0.1) is 11.3 Å². The van der Waals surface area contributed by atoms with E-state index in [2.05, 4.69) is 16.6 Å². The van der Waals surface area contributed by atoms with E-state index in [0.717, 1.165) is 36.1 Å². The zero-order valence-electron chi connectivity index (χ0n) is 11.3. The van der Waals surface area contributed by atoms with E-state index in [1.807, 2.05) is 11.4 Å². The maximum Gasteiger partial charge on any atom is 0.214 e. The Hall–Kier alpha value is -0.870. The van der Waals surface area contributed by atoms with Gasteiger partial charge in [0.1, 0.15) is 0 Å². The van der Waals surface area contributed by atoms with Crippen LogP contribution in [0, 0.1) is 11.8 Å². The summed E-state index contributed by atoms with van der Waals surface area (Å²) in [6.45, 7) is 0.348. The number of nitrogens with one attached hydrogen (secondary N) is 1. The maximum atomic E-state index is 12.1. The molecule has 0 atom stereocenters. The van der Waals surface area contributed by atoms with Gasteiger partial charge in [-0.2, -0.15) is 0 Å². The molecule has 4 nitrogen and oxygen atoms in total. The van der Waals surface area contributed by atoms with Gasteiger partial charge in [-0.1, -0.05) is 24.7 Å². The minimum atomic E-state index is -3.21. The van der Waals surface area contributed by atoms with Crippen molar-refractivity contribution in [2.45, 2.75) is 43.9 Å². The molecule has 2 rings (SSSR count). The number of thiophene rings is 1. The number of aliphatic hydroxyl groups excluding tert-OH is 1. The first kappa shape index (κ1) is 15.5. The number of hydrogen-bond acceptors (Lipinski definition) is 4. The van der Waals surface area contributed by atoms with Crippen molar-refractivity contribution in [1.82, 2.24) is 4.72 Å². The molecule has 1 aromatic rings. The van der Waals surface area contributed by atoms with Crippen molar-refractivity contribution in [3.63, 3.8) is 0 Å². The Morgan fingerprint density at radius 1 is 1.40 bits per heavy atom. The second kappa shape index (κ2) is 7.23. The average Bonchev–Trinajstić information content (AvgIpc) is 3.09. The molecule has 2 N–H and O–H groups in total. The molecule has 0 bridgehead atoms. The van der Waals surface area contributed by atoms with Gasteiger partial charge in [-0.3, -0.25) is 0 Å². The number of sulfonamides is 1. The summed E-state index contributed by atoms with van der Waals surface area (Å²) in [5, 5.41) is 10.4. The van der Waals surface area contributed by atoms with E-state index in [1.165, 1.54) is 11.3 Å². The molecule has 0 aromatic carbocycles. The normalized spacial score (nSPS) is 16.1. The van der Waals surface area contributed by atoms with Crippen LogP contribution in [-0.2, 0) is 16.6 Å². The molecule has 1 aromatic heterocycles. The lowest BCUT2D eigenvalue weighted by Gasteiger charge is -2.11. The lowest BCUT2D eigenvalue weighted by molar-refractivity contribution is 0.305. The summed E-state index contributed by atoms with van der Waals surface area (Å²) in [6, 6.07) is 1.88. The van der Waals surface area contributed by atoms with E-state index in [-0.39, 0.29) is 11.9 Å². The molecular formula is C14H19NO3S2. The molecule has 20 heavy (non-hydrogen) atoms. The van der Waals surface area contributed by atoms with Gasteiger partial charge in [-0.05, 0) is 24.3 Å². The Morgan fingerprint density at radius 2 is 2.15 bits per heavy atom.